The number of amides is 1. The molecule has 0 aromatic carbocycles. The van der Waals surface area contributed by atoms with Crippen LogP contribution in [-0.2, 0) is 11.3 Å². The van der Waals surface area contributed by atoms with Crippen molar-refractivity contribution in [3.05, 3.63) is 29.6 Å². The lowest BCUT2D eigenvalue weighted by Gasteiger charge is -2.29. The molecule has 1 amide bonds. The second-order valence-electron chi connectivity index (χ2n) is 4.14. The molecule has 2 rings (SSSR count). The summed E-state index contributed by atoms with van der Waals surface area (Å²) in [4.78, 5) is 18.2. The monoisotopic (exact) mass is 282 g/mol. The lowest BCUT2D eigenvalue weighted by atomic mass is 10.1. The van der Waals surface area contributed by atoms with Gasteiger partial charge >= 0.3 is 0 Å². The first-order valence-electron chi connectivity index (χ1n) is 5.52. The maximum absolute atomic E-state index is 11.9. The summed E-state index contributed by atoms with van der Waals surface area (Å²) >= 11 is 3.41. The quantitative estimate of drug-likeness (QED) is 0.780. The molecular weight excluding hydrogens is 268 g/mol. The van der Waals surface area contributed by atoms with Gasteiger partial charge in [-0.3, -0.25) is 9.78 Å². The van der Waals surface area contributed by atoms with Crippen LogP contribution in [0.2, 0.25) is 0 Å². The van der Waals surface area contributed by atoms with E-state index >= 15 is 0 Å². The molecule has 0 aliphatic carbocycles. The van der Waals surface area contributed by atoms with E-state index in [9.17, 15) is 4.79 Å². The number of carbonyl (C=O) groups is 1. The minimum Gasteiger partial charge on any atom is -0.336 e. The Morgan fingerprint density at radius 1 is 1.56 bits per heavy atom. The van der Waals surface area contributed by atoms with E-state index in [4.69, 9.17) is 0 Å². The summed E-state index contributed by atoms with van der Waals surface area (Å²) < 4.78 is 0. The highest BCUT2D eigenvalue weighted by atomic mass is 79.9. The van der Waals surface area contributed by atoms with Crippen LogP contribution in [0.15, 0.2) is 18.2 Å². The number of pyridine rings is 1. The van der Waals surface area contributed by atoms with Crippen LogP contribution in [-0.4, -0.2) is 27.2 Å². The molecule has 0 bridgehead atoms. The molecule has 1 aromatic rings. The van der Waals surface area contributed by atoms with Crippen molar-refractivity contribution in [2.45, 2.75) is 31.1 Å². The van der Waals surface area contributed by atoms with Gasteiger partial charge in [-0.1, -0.05) is 22.0 Å². The largest absolute Gasteiger partial charge is 0.336 e. The number of piperidine rings is 1. The summed E-state index contributed by atoms with van der Waals surface area (Å²) in [5.74, 6) is 0.189. The van der Waals surface area contributed by atoms with Gasteiger partial charge in [0.15, 0.2) is 0 Å². The minimum atomic E-state index is -0.00828. The van der Waals surface area contributed by atoms with Crippen LogP contribution in [0.5, 0.6) is 0 Å². The van der Waals surface area contributed by atoms with Gasteiger partial charge in [-0.2, -0.15) is 0 Å². The summed E-state index contributed by atoms with van der Waals surface area (Å²) in [5, 5.41) is 0. The highest BCUT2D eigenvalue weighted by molar-refractivity contribution is 9.10. The van der Waals surface area contributed by atoms with Gasteiger partial charge < -0.3 is 4.90 Å². The summed E-state index contributed by atoms with van der Waals surface area (Å²) in [6, 6.07) is 5.92. The van der Waals surface area contributed by atoms with Gasteiger partial charge in [-0.25, -0.2) is 0 Å². The fourth-order valence-electron chi connectivity index (χ4n) is 1.93. The first-order valence-corrected chi connectivity index (χ1v) is 6.44. The van der Waals surface area contributed by atoms with Crippen molar-refractivity contribution in [3.8, 4) is 0 Å². The SMILES string of the molecule is Cc1cccc(CN2CCCC(Br)C2=O)n1. The van der Waals surface area contributed by atoms with Crippen molar-refractivity contribution in [1.29, 1.82) is 0 Å². The summed E-state index contributed by atoms with van der Waals surface area (Å²) in [6.07, 6.45) is 2.00. The zero-order valence-electron chi connectivity index (χ0n) is 9.32. The van der Waals surface area contributed by atoms with Crippen molar-refractivity contribution >= 4 is 21.8 Å². The van der Waals surface area contributed by atoms with Gasteiger partial charge in [0.1, 0.15) is 0 Å². The molecule has 16 heavy (non-hydrogen) atoms. The van der Waals surface area contributed by atoms with E-state index in [0.29, 0.717) is 6.54 Å². The maximum Gasteiger partial charge on any atom is 0.236 e. The number of aromatic nitrogens is 1. The van der Waals surface area contributed by atoms with Crippen LogP contribution in [0, 0.1) is 6.92 Å². The lowest BCUT2D eigenvalue weighted by Crippen LogP contribution is -2.41. The maximum atomic E-state index is 11.9. The Kier molecular flexibility index (Phi) is 3.59. The van der Waals surface area contributed by atoms with Gasteiger partial charge in [-0.05, 0) is 31.9 Å². The molecule has 1 fully saturated rings. The third-order valence-electron chi connectivity index (χ3n) is 2.76. The standard InChI is InChI=1S/C12H15BrN2O/c1-9-4-2-5-10(14-9)8-15-7-3-6-11(13)12(15)16/h2,4-5,11H,3,6-8H2,1H3. The predicted molar refractivity (Wildman–Crippen MR) is 66.3 cm³/mol. The molecule has 1 aliphatic heterocycles. The molecule has 1 aromatic heterocycles. The van der Waals surface area contributed by atoms with Crippen LogP contribution >= 0.6 is 15.9 Å². The molecule has 4 heteroatoms. The van der Waals surface area contributed by atoms with Crippen molar-refractivity contribution in [2.24, 2.45) is 0 Å². The van der Waals surface area contributed by atoms with Gasteiger partial charge in [-0.15, -0.1) is 0 Å². The van der Waals surface area contributed by atoms with E-state index in [-0.39, 0.29) is 10.7 Å². The summed E-state index contributed by atoms with van der Waals surface area (Å²) in [7, 11) is 0. The molecular formula is C12H15BrN2O. The molecule has 2 heterocycles. The number of likely N-dealkylation sites (tertiary alicyclic amines) is 1. The van der Waals surface area contributed by atoms with E-state index in [1.807, 2.05) is 30.0 Å². The molecule has 86 valence electrons. The van der Waals surface area contributed by atoms with E-state index in [1.54, 1.807) is 0 Å². The van der Waals surface area contributed by atoms with Crippen molar-refractivity contribution < 1.29 is 4.79 Å². The Hall–Kier alpha value is -0.900. The number of carbonyl (C=O) groups excluding carboxylic acids is 1. The lowest BCUT2D eigenvalue weighted by molar-refractivity contribution is -0.133. The highest BCUT2D eigenvalue weighted by Crippen LogP contribution is 2.19. The zero-order valence-corrected chi connectivity index (χ0v) is 10.9. The smallest absolute Gasteiger partial charge is 0.236 e. The molecule has 0 N–H and O–H groups in total. The second-order valence-corrected chi connectivity index (χ2v) is 5.25. The van der Waals surface area contributed by atoms with Crippen molar-refractivity contribution in [3.63, 3.8) is 0 Å². The molecule has 1 saturated heterocycles. The average molecular weight is 283 g/mol. The number of alkyl halides is 1. The topological polar surface area (TPSA) is 33.2 Å². The first-order chi connectivity index (χ1) is 7.66. The van der Waals surface area contributed by atoms with E-state index in [2.05, 4.69) is 20.9 Å². The number of nitrogens with zero attached hydrogens (tertiary/aromatic N) is 2. The number of rotatable bonds is 2. The second kappa shape index (κ2) is 4.95. The first kappa shape index (κ1) is 11.6. The average Bonchev–Trinajstić information content (AvgIpc) is 2.25. The normalized spacial score (nSPS) is 21.2. The van der Waals surface area contributed by atoms with E-state index in [1.165, 1.54) is 0 Å². The van der Waals surface area contributed by atoms with Crippen LogP contribution in [0.1, 0.15) is 24.2 Å². The molecule has 1 atom stereocenters. The number of halogens is 1. The van der Waals surface area contributed by atoms with Crippen molar-refractivity contribution in [1.82, 2.24) is 9.88 Å². The van der Waals surface area contributed by atoms with Gasteiger partial charge in [0.05, 0.1) is 17.1 Å². The Balaban J connectivity index is 2.06. The Bertz CT molecular complexity index is 394. The van der Waals surface area contributed by atoms with Crippen LogP contribution < -0.4 is 0 Å². The Labute approximate surface area is 104 Å². The molecule has 0 radical (unpaired) electrons. The number of hydrogen-bond acceptors (Lipinski definition) is 2. The number of aryl methyl sites for hydroxylation is 1. The fourth-order valence-corrected chi connectivity index (χ4v) is 2.55. The van der Waals surface area contributed by atoms with Gasteiger partial charge in [0.25, 0.3) is 0 Å². The molecule has 0 spiro atoms. The predicted octanol–water partition coefficient (Wildman–Crippen LogP) is 2.28. The summed E-state index contributed by atoms with van der Waals surface area (Å²) in [5.41, 5.74) is 1.97. The minimum absolute atomic E-state index is 0.00828. The van der Waals surface area contributed by atoms with E-state index < -0.39 is 0 Å². The third kappa shape index (κ3) is 2.61. The highest BCUT2D eigenvalue weighted by Gasteiger charge is 2.26. The van der Waals surface area contributed by atoms with Crippen LogP contribution in [0.4, 0.5) is 0 Å². The van der Waals surface area contributed by atoms with E-state index in [0.717, 1.165) is 30.8 Å². The zero-order chi connectivity index (χ0) is 11.5. The van der Waals surface area contributed by atoms with Gasteiger partial charge in [0, 0.05) is 12.2 Å². The van der Waals surface area contributed by atoms with Crippen LogP contribution in [0.25, 0.3) is 0 Å². The van der Waals surface area contributed by atoms with Crippen LogP contribution in [0.3, 0.4) is 0 Å². The molecule has 1 aliphatic rings. The Morgan fingerprint density at radius 2 is 2.38 bits per heavy atom. The fraction of sp³-hybridized carbons (Fsp3) is 0.500. The number of hydrogen-bond donors (Lipinski definition) is 0. The molecule has 1 unspecified atom stereocenters. The molecule has 3 nitrogen and oxygen atoms in total. The third-order valence-corrected chi connectivity index (χ3v) is 3.61. The Morgan fingerprint density at radius 3 is 3.12 bits per heavy atom. The van der Waals surface area contributed by atoms with Gasteiger partial charge in [0.2, 0.25) is 5.91 Å². The molecule has 0 saturated carbocycles. The van der Waals surface area contributed by atoms with Crippen molar-refractivity contribution in [2.75, 3.05) is 6.54 Å². The summed E-state index contributed by atoms with van der Waals surface area (Å²) in [6.45, 7) is 3.44.